The Hall–Kier alpha value is -0.970. The number of nitrogens with two attached hydrogens (primary N) is 1. The Morgan fingerprint density at radius 1 is 1.33 bits per heavy atom. The summed E-state index contributed by atoms with van der Waals surface area (Å²) in [5, 5.41) is 0. The van der Waals surface area contributed by atoms with Crippen molar-refractivity contribution >= 4 is 0 Å². The zero-order valence-corrected chi connectivity index (χ0v) is 10.8. The Balaban J connectivity index is 2.11. The largest absolute Gasteiger partial charge is 0.377 e. The van der Waals surface area contributed by atoms with Gasteiger partial charge in [-0.15, -0.1) is 0 Å². The van der Waals surface area contributed by atoms with Gasteiger partial charge in [0.25, 0.3) is 0 Å². The van der Waals surface area contributed by atoms with Crippen LogP contribution in [-0.2, 0) is 11.2 Å². The van der Waals surface area contributed by atoms with E-state index in [4.69, 9.17) is 10.6 Å². The topological polar surface area (TPSA) is 47.3 Å². The number of hydrogen-bond acceptors (Lipinski definition) is 3. The SMILES string of the molecule is COC1(C(Cc2ccc(F)cc2)NN)CCCC1. The van der Waals surface area contributed by atoms with Crippen molar-refractivity contribution in [3.8, 4) is 0 Å². The number of halogens is 1. The van der Waals surface area contributed by atoms with Gasteiger partial charge in [0, 0.05) is 7.11 Å². The first-order chi connectivity index (χ1) is 8.70. The summed E-state index contributed by atoms with van der Waals surface area (Å²) in [6.07, 6.45) is 5.16. The molecule has 1 aliphatic rings. The quantitative estimate of drug-likeness (QED) is 0.623. The van der Waals surface area contributed by atoms with E-state index < -0.39 is 0 Å². The van der Waals surface area contributed by atoms with Gasteiger partial charge in [-0.05, 0) is 37.0 Å². The summed E-state index contributed by atoms with van der Waals surface area (Å²) in [6.45, 7) is 0. The molecule has 0 radical (unpaired) electrons. The second kappa shape index (κ2) is 5.78. The number of rotatable bonds is 5. The first-order valence-electron chi connectivity index (χ1n) is 6.46. The molecule has 1 aliphatic carbocycles. The van der Waals surface area contributed by atoms with Gasteiger partial charge in [-0.3, -0.25) is 11.3 Å². The van der Waals surface area contributed by atoms with Crippen LogP contribution in [0.3, 0.4) is 0 Å². The van der Waals surface area contributed by atoms with Crippen LogP contribution < -0.4 is 11.3 Å². The second-order valence-electron chi connectivity index (χ2n) is 5.03. The van der Waals surface area contributed by atoms with Gasteiger partial charge in [0.15, 0.2) is 0 Å². The molecule has 3 nitrogen and oxygen atoms in total. The number of hydrogen-bond donors (Lipinski definition) is 2. The van der Waals surface area contributed by atoms with Gasteiger partial charge in [-0.25, -0.2) is 4.39 Å². The molecule has 1 aromatic rings. The first kappa shape index (κ1) is 13.5. The van der Waals surface area contributed by atoms with E-state index in [-0.39, 0.29) is 17.5 Å². The third-order valence-electron chi connectivity index (χ3n) is 4.05. The van der Waals surface area contributed by atoms with Crippen molar-refractivity contribution in [3.63, 3.8) is 0 Å². The lowest BCUT2D eigenvalue weighted by atomic mass is 9.88. The van der Waals surface area contributed by atoms with Crippen LogP contribution in [0.5, 0.6) is 0 Å². The van der Waals surface area contributed by atoms with Crippen molar-refractivity contribution < 1.29 is 9.13 Å². The smallest absolute Gasteiger partial charge is 0.123 e. The highest BCUT2D eigenvalue weighted by Gasteiger charge is 2.41. The molecule has 0 saturated heterocycles. The summed E-state index contributed by atoms with van der Waals surface area (Å²) in [4.78, 5) is 0. The third kappa shape index (κ3) is 2.71. The normalized spacial score (nSPS) is 19.9. The van der Waals surface area contributed by atoms with Crippen molar-refractivity contribution in [2.75, 3.05) is 7.11 Å². The van der Waals surface area contributed by atoms with Crippen LogP contribution in [0, 0.1) is 5.82 Å². The summed E-state index contributed by atoms with van der Waals surface area (Å²) >= 11 is 0. The molecule has 0 heterocycles. The number of ether oxygens (including phenoxy) is 1. The van der Waals surface area contributed by atoms with Gasteiger partial charge in [-0.1, -0.05) is 25.0 Å². The fourth-order valence-electron chi connectivity index (χ4n) is 2.92. The predicted octanol–water partition coefficient (Wildman–Crippen LogP) is 2.16. The Bertz CT molecular complexity index is 374. The van der Waals surface area contributed by atoms with E-state index >= 15 is 0 Å². The molecule has 0 spiro atoms. The van der Waals surface area contributed by atoms with E-state index in [1.54, 1.807) is 19.2 Å². The maximum atomic E-state index is 12.9. The zero-order valence-electron chi connectivity index (χ0n) is 10.8. The van der Waals surface area contributed by atoms with E-state index in [9.17, 15) is 4.39 Å². The van der Waals surface area contributed by atoms with Crippen LogP contribution >= 0.6 is 0 Å². The van der Waals surface area contributed by atoms with Gasteiger partial charge >= 0.3 is 0 Å². The highest BCUT2D eigenvalue weighted by molar-refractivity contribution is 5.18. The number of hydrazine groups is 1. The second-order valence-corrected chi connectivity index (χ2v) is 5.03. The van der Waals surface area contributed by atoms with Crippen LogP contribution in [0.2, 0.25) is 0 Å². The summed E-state index contributed by atoms with van der Waals surface area (Å²) in [6, 6.07) is 6.64. The highest BCUT2D eigenvalue weighted by Crippen LogP contribution is 2.36. The monoisotopic (exact) mass is 252 g/mol. The molecule has 18 heavy (non-hydrogen) atoms. The standard InChI is InChI=1S/C14H21FN2O/c1-18-14(8-2-3-9-14)13(17-16)10-11-4-6-12(15)7-5-11/h4-7,13,17H,2-3,8-10,16H2,1H3. The molecule has 1 aromatic carbocycles. The molecule has 4 heteroatoms. The zero-order chi connectivity index (χ0) is 13.0. The third-order valence-corrected chi connectivity index (χ3v) is 4.05. The Morgan fingerprint density at radius 3 is 2.44 bits per heavy atom. The minimum atomic E-state index is -0.210. The van der Waals surface area contributed by atoms with Gasteiger partial charge < -0.3 is 4.74 Å². The van der Waals surface area contributed by atoms with Crippen molar-refractivity contribution in [2.24, 2.45) is 5.84 Å². The van der Waals surface area contributed by atoms with E-state index in [1.165, 1.54) is 25.0 Å². The molecule has 0 aromatic heterocycles. The van der Waals surface area contributed by atoms with E-state index in [2.05, 4.69) is 5.43 Å². The molecule has 1 unspecified atom stereocenters. The Kier molecular flexibility index (Phi) is 4.32. The van der Waals surface area contributed by atoms with Crippen molar-refractivity contribution in [2.45, 2.75) is 43.7 Å². The van der Waals surface area contributed by atoms with Crippen LogP contribution in [0.25, 0.3) is 0 Å². The summed E-state index contributed by atoms with van der Waals surface area (Å²) in [7, 11) is 1.75. The molecule has 0 bridgehead atoms. The molecular weight excluding hydrogens is 231 g/mol. The molecule has 1 fully saturated rings. The number of benzene rings is 1. The summed E-state index contributed by atoms with van der Waals surface area (Å²) in [5.41, 5.74) is 3.77. The maximum absolute atomic E-state index is 12.9. The van der Waals surface area contributed by atoms with Crippen molar-refractivity contribution in [1.29, 1.82) is 0 Å². The minimum Gasteiger partial charge on any atom is -0.377 e. The molecule has 2 rings (SSSR count). The van der Waals surface area contributed by atoms with E-state index in [1.807, 2.05) is 0 Å². The molecule has 1 atom stereocenters. The Morgan fingerprint density at radius 2 is 1.94 bits per heavy atom. The van der Waals surface area contributed by atoms with Crippen LogP contribution in [0.4, 0.5) is 4.39 Å². The van der Waals surface area contributed by atoms with Gasteiger partial charge in [-0.2, -0.15) is 0 Å². The van der Waals surface area contributed by atoms with Crippen LogP contribution in [-0.4, -0.2) is 18.8 Å². The summed E-state index contributed by atoms with van der Waals surface area (Å²) in [5.74, 6) is 5.48. The van der Waals surface area contributed by atoms with Gasteiger partial charge in [0.1, 0.15) is 5.82 Å². The average molecular weight is 252 g/mol. The van der Waals surface area contributed by atoms with Gasteiger partial charge in [0.05, 0.1) is 11.6 Å². The highest BCUT2D eigenvalue weighted by atomic mass is 19.1. The fourth-order valence-corrected chi connectivity index (χ4v) is 2.92. The molecule has 0 aliphatic heterocycles. The minimum absolute atomic E-state index is 0.0652. The lowest BCUT2D eigenvalue weighted by molar-refractivity contribution is -0.0355. The average Bonchev–Trinajstić information content (AvgIpc) is 2.88. The summed E-state index contributed by atoms with van der Waals surface area (Å²) < 4.78 is 18.6. The maximum Gasteiger partial charge on any atom is 0.123 e. The molecule has 1 saturated carbocycles. The van der Waals surface area contributed by atoms with Crippen LogP contribution in [0.1, 0.15) is 31.2 Å². The van der Waals surface area contributed by atoms with Crippen molar-refractivity contribution in [1.82, 2.24) is 5.43 Å². The number of methoxy groups -OCH3 is 1. The molecule has 0 amide bonds. The predicted molar refractivity (Wildman–Crippen MR) is 69.4 cm³/mol. The fraction of sp³-hybridized carbons (Fsp3) is 0.571. The van der Waals surface area contributed by atoms with E-state index in [0.717, 1.165) is 24.8 Å². The molecular formula is C14H21FN2O. The van der Waals surface area contributed by atoms with Crippen molar-refractivity contribution in [3.05, 3.63) is 35.6 Å². The molecule has 100 valence electrons. The van der Waals surface area contributed by atoms with Crippen LogP contribution in [0.15, 0.2) is 24.3 Å². The first-order valence-corrected chi connectivity index (χ1v) is 6.46. The lowest BCUT2D eigenvalue weighted by Crippen LogP contribution is -2.54. The van der Waals surface area contributed by atoms with E-state index in [0.29, 0.717) is 0 Å². The van der Waals surface area contributed by atoms with Gasteiger partial charge in [0.2, 0.25) is 0 Å². The Labute approximate surface area is 107 Å². The molecule has 3 N–H and O–H groups in total. The lowest BCUT2D eigenvalue weighted by Gasteiger charge is -2.36. The number of nitrogens with one attached hydrogen (secondary N) is 1.